The molecule has 0 bridgehead atoms. The molecular formula is C55H61LiN14O10. The standard InChI is InChI=1S/C28H31N7O4.C27H29N7O5.Li.H2O/c1-17(36)24-23(19-8-10-20(11-9-19)26(37)32-22-15-18(16-29)12-13-31-22)33-25(35(24)30)21-7-5-6-14-34(21)27(38)39-28(2,3)4;1-27(2,3)39-26(38)33-13-5-4-6-19(33)23-32-21(22(25(36)37)34(23)29)17-7-9-18(10-8-17)24(35)31-20-14-16(15-28)11-12-30-20;;/h8-13,15,21H,5-7,14,30H2,1-4H3,(H,31,32,37);7-12,14,19H,4-6,13,29H2,1-3H3,(H,36,37)(H,30,31,35);;1H2/q;;+1;/p-1/t21-;19-;;/m00../s1. The van der Waals surface area contributed by atoms with Gasteiger partial charge in [-0.1, -0.05) is 24.3 Å². The Kier molecular flexibility index (Phi) is 20.1. The number of nitrogens with one attached hydrogen (secondary N) is 2. The number of likely N-dealkylation sites (tertiary alicyclic amines) is 2. The number of ketones is 1. The van der Waals surface area contributed by atoms with Gasteiger partial charge in [0.2, 0.25) is 0 Å². The van der Waals surface area contributed by atoms with Crippen molar-refractivity contribution in [3.8, 4) is 34.7 Å². The van der Waals surface area contributed by atoms with Crippen LogP contribution in [0.1, 0.15) is 164 Å². The molecule has 0 spiro atoms. The molecule has 4 amide bonds. The third kappa shape index (κ3) is 14.7. The number of carboxylic acids is 1. The van der Waals surface area contributed by atoms with E-state index >= 15 is 0 Å². The number of nitriles is 2. The number of carbonyl (C=O) groups excluding carboxylic acids is 5. The second-order valence-electron chi connectivity index (χ2n) is 20.5. The van der Waals surface area contributed by atoms with E-state index in [1.54, 1.807) is 73.0 Å². The first-order valence-corrected chi connectivity index (χ1v) is 25.0. The second kappa shape index (κ2) is 26.0. The third-order valence-corrected chi connectivity index (χ3v) is 12.4. The molecule has 2 aliphatic rings. The number of Topliss-reactive ketones (excluding diaryl/α,β-unsaturated/α-hetero) is 1. The Morgan fingerprint density at radius 2 is 1.00 bits per heavy atom. The summed E-state index contributed by atoms with van der Waals surface area (Å²) in [6.45, 7) is 13.1. The first-order valence-electron chi connectivity index (χ1n) is 25.0. The van der Waals surface area contributed by atoms with Gasteiger partial charge in [0.25, 0.3) is 11.8 Å². The zero-order chi connectivity index (χ0) is 56.6. The van der Waals surface area contributed by atoms with Gasteiger partial charge in [0.15, 0.2) is 23.1 Å². The summed E-state index contributed by atoms with van der Waals surface area (Å²) in [5, 5.41) is 33.3. The molecule has 80 heavy (non-hydrogen) atoms. The van der Waals surface area contributed by atoms with Gasteiger partial charge in [-0.25, -0.2) is 43.7 Å². The fourth-order valence-corrected chi connectivity index (χ4v) is 8.86. The molecule has 0 saturated carbocycles. The molecule has 0 aliphatic carbocycles. The van der Waals surface area contributed by atoms with E-state index in [-0.39, 0.29) is 70.2 Å². The van der Waals surface area contributed by atoms with E-state index in [2.05, 4.69) is 25.6 Å². The van der Waals surface area contributed by atoms with Crippen LogP contribution in [0.4, 0.5) is 21.2 Å². The van der Waals surface area contributed by atoms with Crippen molar-refractivity contribution < 1.29 is 67.7 Å². The van der Waals surface area contributed by atoms with Crippen LogP contribution in [0.2, 0.25) is 0 Å². The molecule has 6 heterocycles. The second-order valence-corrected chi connectivity index (χ2v) is 20.5. The summed E-state index contributed by atoms with van der Waals surface area (Å²) in [5.74, 6) is 11.4. The van der Waals surface area contributed by atoms with Crippen molar-refractivity contribution in [3.63, 3.8) is 0 Å². The van der Waals surface area contributed by atoms with E-state index in [9.17, 15) is 33.9 Å². The number of hydrogen-bond donors (Lipinski definition) is 5. The number of imidazole rings is 2. The first kappa shape index (κ1) is 61.8. The van der Waals surface area contributed by atoms with Crippen LogP contribution in [0.25, 0.3) is 22.5 Å². The van der Waals surface area contributed by atoms with Gasteiger partial charge in [-0.2, -0.15) is 10.5 Å². The normalized spacial score (nSPS) is 15.0. The van der Waals surface area contributed by atoms with Crippen LogP contribution in [0.5, 0.6) is 0 Å². The van der Waals surface area contributed by atoms with Crippen LogP contribution in [0.3, 0.4) is 0 Å². The van der Waals surface area contributed by atoms with Crippen LogP contribution >= 0.6 is 0 Å². The maximum atomic E-state index is 13.0. The summed E-state index contributed by atoms with van der Waals surface area (Å²) in [6, 6.07) is 21.7. The number of carbonyl (C=O) groups is 6. The first-order chi connectivity index (χ1) is 37.0. The Balaban J connectivity index is 0.000000287. The van der Waals surface area contributed by atoms with Gasteiger partial charge < -0.3 is 42.4 Å². The zero-order valence-electron chi connectivity index (χ0n) is 45.7. The van der Waals surface area contributed by atoms with E-state index in [4.69, 9.17) is 36.7 Å². The number of anilines is 2. The Morgan fingerprint density at radius 3 is 1.35 bits per heavy atom. The molecule has 2 atom stereocenters. The molecule has 24 nitrogen and oxygen atoms in total. The number of carboxylic acid groups (broad SMARTS) is 1. The molecule has 2 fully saturated rings. The number of piperidine rings is 2. The molecule has 8 rings (SSSR count). The van der Waals surface area contributed by atoms with Crippen LogP contribution < -0.4 is 41.2 Å². The quantitative estimate of drug-likeness (QED) is 0.0667. The monoisotopic (exact) mass is 1080 g/mol. The topological polar surface area (TPSA) is 363 Å². The van der Waals surface area contributed by atoms with Crippen molar-refractivity contribution in [1.82, 2.24) is 39.1 Å². The fraction of sp³-hybridized carbons (Fsp3) is 0.345. The predicted molar refractivity (Wildman–Crippen MR) is 287 cm³/mol. The summed E-state index contributed by atoms with van der Waals surface area (Å²) in [4.78, 5) is 96.7. The average Bonchev–Trinajstić information content (AvgIpc) is 3.94. The molecule has 0 radical (unpaired) electrons. The van der Waals surface area contributed by atoms with E-state index in [0.29, 0.717) is 65.3 Å². The summed E-state index contributed by atoms with van der Waals surface area (Å²) >= 11 is 0. The fourth-order valence-electron chi connectivity index (χ4n) is 8.86. The minimum absolute atomic E-state index is 0. The number of nitrogens with two attached hydrogens (primary N) is 2. The van der Waals surface area contributed by atoms with Crippen molar-refractivity contribution in [1.29, 1.82) is 10.5 Å². The molecule has 2 aromatic carbocycles. The van der Waals surface area contributed by atoms with Crippen molar-refractivity contribution in [3.05, 3.63) is 130 Å². The summed E-state index contributed by atoms with van der Waals surface area (Å²) in [5.41, 5.74) is 1.48. The number of rotatable bonds is 10. The number of nitrogen functional groups attached to an aromatic ring is 2. The van der Waals surface area contributed by atoms with Gasteiger partial charge in [0.1, 0.15) is 39.9 Å². The molecule has 6 aromatic rings. The number of pyridine rings is 2. The molecule has 2 aliphatic heterocycles. The van der Waals surface area contributed by atoms with Gasteiger partial charge in [0.05, 0.1) is 35.3 Å². The molecular weight excluding hydrogens is 1020 g/mol. The van der Waals surface area contributed by atoms with E-state index < -0.39 is 53.3 Å². The number of hydrogen-bond acceptors (Lipinski definition) is 17. The molecule has 2 saturated heterocycles. The smallest absolute Gasteiger partial charge is 0.870 e. The van der Waals surface area contributed by atoms with Crippen LogP contribution in [-0.2, 0) is 9.47 Å². The van der Waals surface area contributed by atoms with Crippen molar-refractivity contribution in [2.75, 3.05) is 35.4 Å². The number of aromatic carboxylic acids is 1. The zero-order valence-corrected chi connectivity index (χ0v) is 45.7. The molecule has 4 aromatic heterocycles. The van der Waals surface area contributed by atoms with Gasteiger partial charge in [-0.3, -0.25) is 24.2 Å². The van der Waals surface area contributed by atoms with Gasteiger partial charge >= 0.3 is 37.0 Å². The largest absolute Gasteiger partial charge is 1.00 e. The van der Waals surface area contributed by atoms with Crippen molar-refractivity contribution >= 4 is 47.4 Å². The van der Waals surface area contributed by atoms with Crippen LogP contribution in [-0.4, -0.2) is 110 Å². The minimum atomic E-state index is -1.28. The number of amides is 4. The maximum absolute atomic E-state index is 13.0. The average molecular weight is 1090 g/mol. The summed E-state index contributed by atoms with van der Waals surface area (Å²) in [6.07, 6.45) is 6.36. The third-order valence-electron chi connectivity index (χ3n) is 12.4. The molecule has 0 unspecified atom stereocenters. The number of aromatic nitrogens is 6. The van der Waals surface area contributed by atoms with Crippen LogP contribution in [0, 0.1) is 22.7 Å². The Hall–Kier alpha value is -9.08. The Labute approximate surface area is 473 Å². The van der Waals surface area contributed by atoms with Crippen molar-refractivity contribution in [2.24, 2.45) is 0 Å². The molecule has 25 heteroatoms. The van der Waals surface area contributed by atoms with E-state index in [1.165, 1.54) is 54.3 Å². The van der Waals surface area contributed by atoms with Crippen molar-refractivity contribution in [2.45, 2.75) is 110 Å². The molecule has 8 N–H and O–H groups in total. The van der Waals surface area contributed by atoms with Crippen LogP contribution in [0.15, 0.2) is 85.2 Å². The molecule has 412 valence electrons. The Morgan fingerprint density at radius 1 is 0.625 bits per heavy atom. The summed E-state index contributed by atoms with van der Waals surface area (Å²) < 4.78 is 13.5. The number of benzene rings is 2. The maximum Gasteiger partial charge on any atom is 1.00 e. The number of ether oxygens (including phenoxy) is 2. The van der Waals surface area contributed by atoms with Gasteiger partial charge in [-0.15, -0.1) is 0 Å². The van der Waals surface area contributed by atoms with E-state index in [0.717, 1.165) is 30.4 Å². The van der Waals surface area contributed by atoms with E-state index in [1.807, 2.05) is 32.9 Å². The minimum Gasteiger partial charge on any atom is -0.870 e. The van der Waals surface area contributed by atoms with Gasteiger partial charge in [0, 0.05) is 54.7 Å². The number of nitrogens with zero attached hydrogens (tertiary/aromatic N) is 10. The predicted octanol–water partition coefficient (Wildman–Crippen LogP) is 5.22. The Bertz CT molecular complexity index is 3130. The van der Waals surface area contributed by atoms with Gasteiger partial charge in [-0.05, 0) is 129 Å². The summed E-state index contributed by atoms with van der Waals surface area (Å²) in [7, 11) is 0. The SMILES string of the molecule is CC(=O)c1c(-c2ccc(C(=O)Nc3cc(C#N)ccn3)cc2)nc([C@@H]2CCCCN2C(=O)OC(C)(C)C)n1N.CC(C)(C)OC(=O)N1CCCC[C@H]1c1nc(-c2ccc(C(=O)Nc3cc(C#N)ccn3)cc2)c(C(=O)O)n1N.[Li+].[OH-].